The molecule has 4 heterocycles. The van der Waals surface area contributed by atoms with Crippen LogP contribution < -0.4 is 0 Å². The van der Waals surface area contributed by atoms with Crippen LogP contribution in [-0.2, 0) is 28.7 Å². The number of carbonyl (C=O) groups is 2. The van der Waals surface area contributed by atoms with Gasteiger partial charge < -0.3 is 19.1 Å². The van der Waals surface area contributed by atoms with E-state index in [2.05, 4.69) is 9.97 Å². The number of ether oxygens (including phenoxy) is 2. The summed E-state index contributed by atoms with van der Waals surface area (Å²) in [6.07, 6.45) is 4.74. The second kappa shape index (κ2) is 20.9. The number of aromatic nitrogens is 2. The summed E-state index contributed by atoms with van der Waals surface area (Å²) in [7, 11) is 0. The van der Waals surface area contributed by atoms with Crippen LogP contribution in [0.4, 0.5) is 8.78 Å². The van der Waals surface area contributed by atoms with Crippen molar-refractivity contribution in [3.8, 4) is 22.3 Å². The Labute approximate surface area is 366 Å². The predicted octanol–water partition coefficient (Wildman–Crippen LogP) is 9.33. The van der Waals surface area contributed by atoms with Crippen molar-refractivity contribution in [1.82, 2.24) is 20.1 Å². The molecule has 2 unspecified atom stereocenters. The summed E-state index contributed by atoms with van der Waals surface area (Å²) in [6.45, 7) is 1.78. The number of pyridine rings is 2. The standard InChI is InChI=1S/C48H42F2N4O6S2/c49-37-19-15-33(16-20-37)39-13-7-25-51-47(39)61-45(35-9-3-1-4-10-35)41-31-53(27-29-57-41)59-43(55)23-24-44(56)60-54-28-30-58-42(32-54)46(36-11-5-2-6-12-36)62-48-40(14-8-26-52-48)34-17-21-38(50)22-18-34/h1-26,41-42,45-46H,27-32H2/b24-23+/t41-,42-,45?,46?/m0/s1. The SMILES string of the molecule is O=C(/C=C/C(=O)ON1CCO[C@H](C(Sc2ncccc2-c2ccc(F)cc2)c2ccccc2)C1)ON1CCO[C@H](C(Sc2ncccc2-c2ccc(F)cc2)c2ccccc2)C1. The molecule has 0 bridgehead atoms. The average molecular weight is 873 g/mol. The summed E-state index contributed by atoms with van der Waals surface area (Å²) in [5.41, 5.74) is 5.39. The third-order valence-electron chi connectivity index (χ3n) is 10.2. The van der Waals surface area contributed by atoms with Crippen molar-refractivity contribution < 1.29 is 37.5 Å². The van der Waals surface area contributed by atoms with E-state index >= 15 is 0 Å². The van der Waals surface area contributed by atoms with E-state index in [0.29, 0.717) is 26.3 Å². The lowest BCUT2D eigenvalue weighted by atomic mass is 10.1. The van der Waals surface area contributed by atoms with Crippen LogP contribution >= 0.6 is 23.5 Å². The van der Waals surface area contributed by atoms with Crippen LogP contribution in [-0.4, -0.2) is 83.6 Å². The van der Waals surface area contributed by atoms with E-state index in [9.17, 15) is 18.4 Å². The van der Waals surface area contributed by atoms with Crippen molar-refractivity contribution in [3.63, 3.8) is 0 Å². The number of thioether (sulfide) groups is 2. The molecule has 2 saturated heterocycles. The highest BCUT2D eigenvalue weighted by molar-refractivity contribution is 7.99. The van der Waals surface area contributed by atoms with Crippen LogP contribution in [0.3, 0.4) is 0 Å². The zero-order valence-electron chi connectivity index (χ0n) is 33.4. The molecule has 0 aliphatic carbocycles. The highest BCUT2D eigenvalue weighted by Crippen LogP contribution is 2.44. The van der Waals surface area contributed by atoms with E-state index in [0.717, 1.165) is 55.6 Å². The van der Waals surface area contributed by atoms with Gasteiger partial charge in [-0.1, -0.05) is 121 Å². The minimum Gasteiger partial charge on any atom is -0.374 e. The van der Waals surface area contributed by atoms with Crippen LogP contribution in [0.15, 0.2) is 168 Å². The summed E-state index contributed by atoms with van der Waals surface area (Å²) < 4.78 is 40.1. The van der Waals surface area contributed by atoms with Gasteiger partial charge in [0.15, 0.2) is 0 Å². The second-order valence-corrected chi connectivity index (χ2v) is 16.6. The van der Waals surface area contributed by atoms with Crippen LogP contribution in [0.2, 0.25) is 0 Å². The molecule has 8 rings (SSSR count). The number of morpholine rings is 2. The molecule has 0 radical (unpaired) electrons. The number of hydroxylamine groups is 4. The molecule has 0 spiro atoms. The number of nitrogens with zero attached hydrogens (tertiary/aromatic N) is 4. The zero-order valence-corrected chi connectivity index (χ0v) is 35.0. The molecule has 4 atom stereocenters. The van der Waals surface area contributed by atoms with E-state index in [-0.39, 0.29) is 35.2 Å². The third-order valence-corrected chi connectivity index (χ3v) is 12.9. The van der Waals surface area contributed by atoms with Crippen LogP contribution in [0.1, 0.15) is 21.6 Å². The minimum absolute atomic E-state index is 0.240. The van der Waals surface area contributed by atoms with Gasteiger partial charge in [0.2, 0.25) is 0 Å². The Balaban J connectivity index is 0.895. The molecule has 6 aromatic rings. The Bertz CT molecular complexity index is 2280. The van der Waals surface area contributed by atoms with Gasteiger partial charge in [-0.05, 0) is 58.7 Å². The summed E-state index contributed by atoms with van der Waals surface area (Å²) in [4.78, 5) is 46.9. The van der Waals surface area contributed by atoms with Crippen LogP contribution in [0, 0.1) is 11.6 Å². The molecular formula is C48H42F2N4O6S2. The van der Waals surface area contributed by atoms with E-state index < -0.39 is 24.1 Å². The second-order valence-electron chi connectivity index (χ2n) is 14.4. The van der Waals surface area contributed by atoms with E-state index in [1.807, 2.05) is 84.9 Å². The van der Waals surface area contributed by atoms with Crippen LogP contribution in [0.5, 0.6) is 0 Å². The summed E-state index contributed by atoms with van der Waals surface area (Å²) >= 11 is 3.05. The van der Waals surface area contributed by atoms with Gasteiger partial charge in [-0.2, -0.15) is 0 Å². The molecule has 14 heteroatoms. The Morgan fingerprint density at radius 2 is 0.984 bits per heavy atom. The van der Waals surface area contributed by atoms with Crippen molar-refractivity contribution in [1.29, 1.82) is 0 Å². The molecule has 62 heavy (non-hydrogen) atoms. The fourth-order valence-electron chi connectivity index (χ4n) is 7.20. The first-order valence-electron chi connectivity index (χ1n) is 20.1. The quantitative estimate of drug-likeness (QED) is 0.0770. The first-order chi connectivity index (χ1) is 30.4. The van der Waals surface area contributed by atoms with Crippen molar-refractivity contribution in [2.45, 2.75) is 32.8 Å². The minimum atomic E-state index is -0.734. The lowest BCUT2D eigenvalue weighted by molar-refractivity contribution is -0.212. The Morgan fingerprint density at radius 1 is 0.581 bits per heavy atom. The van der Waals surface area contributed by atoms with E-state index in [1.54, 1.807) is 46.8 Å². The zero-order chi connectivity index (χ0) is 42.7. The number of halogens is 2. The summed E-state index contributed by atoms with van der Waals surface area (Å²) in [5.74, 6) is -2.10. The molecule has 0 N–H and O–H groups in total. The molecule has 2 aliphatic rings. The van der Waals surface area contributed by atoms with Crippen LogP contribution in [0.25, 0.3) is 22.3 Å². The molecular weight excluding hydrogens is 831 g/mol. The van der Waals surface area contributed by atoms with Gasteiger partial charge in [0.05, 0.1) is 62.1 Å². The van der Waals surface area contributed by atoms with E-state index in [4.69, 9.17) is 19.1 Å². The Morgan fingerprint density at radius 3 is 1.39 bits per heavy atom. The first-order valence-corrected chi connectivity index (χ1v) is 21.8. The topological polar surface area (TPSA) is 103 Å². The van der Waals surface area contributed by atoms with Gasteiger partial charge in [0.1, 0.15) is 21.7 Å². The van der Waals surface area contributed by atoms with Gasteiger partial charge in [-0.25, -0.2) is 28.3 Å². The van der Waals surface area contributed by atoms with Crippen molar-refractivity contribution in [2.24, 2.45) is 0 Å². The maximum Gasteiger partial charge on any atom is 0.349 e. The van der Waals surface area contributed by atoms with Gasteiger partial charge in [0.25, 0.3) is 0 Å². The number of hydrogen-bond donors (Lipinski definition) is 0. The highest BCUT2D eigenvalue weighted by Gasteiger charge is 2.34. The fraction of sp³-hybridized carbons (Fsp3) is 0.208. The van der Waals surface area contributed by atoms with Gasteiger partial charge in [-0.3, -0.25) is 0 Å². The molecule has 0 saturated carbocycles. The van der Waals surface area contributed by atoms with Gasteiger partial charge in [0, 0.05) is 35.7 Å². The third kappa shape index (κ3) is 11.2. The molecule has 2 aliphatic heterocycles. The first kappa shape index (κ1) is 42.9. The molecule has 10 nitrogen and oxygen atoms in total. The van der Waals surface area contributed by atoms with E-state index in [1.165, 1.54) is 47.8 Å². The molecule has 0 amide bonds. The number of rotatable bonds is 14. The average Bonchev–Trinajstić information content (AvgIpc) is 3.31. The Hall–Kier alpha value is -5.74. The highest BCUT2D eigenvalue weighted by atomic mass is 32.2. The maximum absolute atomic E-state index is 13.8. The largest absolute Gasteiger partial charge is 0.374 e. The molecule has 2 aromatic heterocycles. The molecule has 4 aromatic carbocycles. The Kier molecular flexibility index (Phi) is 14.5. The number of carbonyl (C=O) groups excluding carboxylic acids is 2. The fourth-order valence-corrected chi connectivity index (χ4v) is 9.77. The number of hydrogen-bond acceptors (Lipinski definition) is 12. The lowest BCUT2D eigenvalue weighted by Crippen LogP contribution is -2.45. The molecule has 2 fully saturated rings. The van der Waals surface area contributed by atoms with Gasteiger partial charge >= 0.3 is 11.9 Å². The molecule has 316 valence electrons. The predicted molar refractivity (Wildman–Crippen MR) is 233 cm³/mol. The summed E-state index contributed by atoms with van der Waals surface area (Å²) in [6, 6.07) is 40.0. The number of benzene rings is 4. The lowest BCUT2D eigenvalue weighted by Gasteiger charge is -2.35. The smallest absolute Gasteiger partial charge is 0.349 e. The van der Waals surface area contributed by atoms with Crippen molar-refractivity contribution >= 4 is 35.5 Å². The maximum atomic E-state index is 13.8. The van der Waals surface area contributed by atoms with Gasteiger partial charge in [-0.15, -0.1) is 10.1 Å². The monoisotopic (exact) mass is 872 g/mol. The summed E-state index contributed by atoms with van der Waals surface area (Å²) in [5, 5.41) is 4.10. The van der Waals surface area contributed by atoms with Crippen molar-refractivity contribution in [2.75, 3.05) is 39.4 Å². The van der Waals surface area contributed by atoms with Crippen molar-refractivity contribution in [3.05, 3.63) is 181 Å². The normalized spacial score (nSPS) is 18.2.